The summed E-state index contributed by atoms with van der Waals surface area (Å²) in [5.41, 5.74) is 1.83. The van der Waals surface area contributed by atoms with Gasteiger partial charge in [-0.2, -0.15) is 10.2 Å². The number of hydrogen-bond donors (Lipinski definition) is 0. The fourth-order valence-electron chi connectivity index (χ4n) is 4.01. The zero-order chi connectivity index (χ0) is 20.6. The van der Waals surface area contributed by atoms with Gasteiger partial charge in [-0.15, -0.1) is 5.10 Å². The van der Waals surface area contributed by atoms with Crippen LogP contribution in [0.25, 0.3) is 10.8 Å². The standard InChI is InChI=1S/C23H29N5O/c1-16-18-7-5-6-8-19(18)22(25-24-16)27-13-11-17(12-14-27)15-28-21(29)10-9-20(26-28)23(2,3)4/h5-10,17H,11-15H2,1-4H3. The van der Waals surface area contributed by atoms with Gasteiger partial charge in [0.1, 0.15) is 0 Å². The van der Waals surface area contributed by atoms with Crippen molar-refractivity contribution >= 4 is 16.6 Å². The smallest absolute Gasteiger partial charge is 0.266 e. The van der Waals surface area contributed by atoms with Crippen LogP contribution in [0.1, 0.15) is 45.0 Å². The van der Waals surface area contributed by atoms with E-state index in [4.69, 9.17) is 0 Å². The first-order chi connectivity index (χ1) is 13.8. The summed E-state index contributed by atoms with van der Waals surface area (Å²) in [5.74, 6) is 1.41. The van der Waals surface area contributed by atoms with Crippen molar-refractivity contribution in [1.82, 2.24) is 20.0 Å². The summed E-state index contributed by atoms with van der Waals surface area (Å²) in [6, 6.07) is 11.8. The Morgan fingerprint density at radius 2 is 1.69 bits per heavy atom. The van der Waals surface area contributed by atoms with E-state index in [2.05, 4.69) is 59.2 Å². The van der Waals surface area contributed by atoms with Gasteiger partial charge in [-0.25, -0.2) is 4.68 Å². The maximum absolute atomic E-state index is 12.3. The summed E-state index contributed by atoms with van der Waals surface area (Å²) in [5, 5.41) is 15.8. The third-order valence-corrected chi connectivity index (χ3v) is 5.83. The molecule has 3 heterocycles. The lowest BCUT2D eigenvalue weighted by Gasteiger charge is -2.33. The summed E-state index contributed by atoms with van der Waals surface area (Å²) in [6.07, 6.45) is 2.02. The van der Waals surface area contributed by atoms with Crippen LogP contribution >= 0.6 is 0 Å². The van der Waals surface area contributed by atoms with Crippen molar-refractivity contribution in [2.45, 2.75) is 52.5 Å². The van der Waals surface area contributed by atoms with Crippen molar-refractivity contribution in [3.05, 3.63) is 58.1 Å². The summed E-state index contributed by atoms with van der Waals surface area (Å²) in [7, 11) is 0. The zero-order valence-corrected chi connectivity index (χ0v) is 17.7. The van der Waals surface area contributed by atoms with Crippen molar-refractivity contribution in [1.29, 1.82) is 0 Å². The van der Waals surface area contributed by atoms with E-state index in [1.165, 1.54) is 0 Å². The third-order valence-electron chi connectivity index (χ3n) is 5.83. The van der Waals surface area contributed by atoms with E-state index < -0.39 is 0 Å². The quantitative estimate of drug-likeness (QED) is 0.681. The van der Waals surface area contributed by atoms with E-state index in [0.29, 0.717) is 12.5 Å². The molecule has 0 amide bonds. The Hall–Kier alpha value is -2.76. The van der Waals surface area contributed by atoms with Crippen LogP contribution in [0.2, 0.25) is 0 Å². The van der Waals surface area contributed by atoms with Gasteiger partial charge in [0.05, 0.1) is 11.4 Å². The molecule has 1 saturated heterocycles. The molecule has 0 atom stereocenters. The summed E-state index contributed by atoms with van der Waals surface area (Å²) in [4.78, 5) is 14.6. The lowest BCUT2D eigenvalue weighted by molar-refractivity contribution is 0.329. The molecule has 1 fully saturated rings. The molecule has 6 nitrogen and oxygen atoms in total. The Bertz CT molecular complexity index is 1070. The van der Waals surface area contributed by atoms with E-state index in [1.807, 2.05) is 19.1 Å². The number of benzene rings is 1. The van der Waals surface area contributed by atoms with Gasteiger partial charge in [0.25, 0.3) is 5.56 Å². The average molecular weight is 392 g/mol. The van der Waals surface area contributed by atoms with Crippen LogP contribution in [0, 0.1) is 12.8 Å². The highest BCUT2D eigenvalue weighted by molar-refractivity contribution is 5.93. The molecule has 0 radical (unpaired) electrons. The van der Waals surface area contributed by atoms with Gasteiger partial charge in [0.15, 0.2) is 5.82 Å². The van der Waals surface area contributed by atoms with E-state index in [0.717, 1.165) is 53.9 Å². The lowest BCUT2D eigenvalue weighted by Crippen LogP contribution is -2.38. The molecule has 2 aromatic heterocycles. The number of nitrogens with zero attached hydrogens (tertiary/aromatic N) is 5. The van der Waals surface area contributed by atoms with E-state index in [1.54, 1.807) is 10.7 Å². The second-order valence-corrected chi connectivity index (χ2v) is 9.07. The maximum Gasteiger partial charge on any atom is 0.266 e. The van der Waals surface area contributed by atoms with E-state index in [9.17, 15) is 4.79 Å². The molecule has 0 N–H and O–H groups in total. The molecule has 3 aromatic rings. The Kier molecular flexibility index (Phi) is 5.11. The van der Waals surface area contributed by atoms with Crippen LogP contribution in [0.5, 0.6) is 0 Å². The zero-order valence-electron chi connectivity index (χ0n) is 17.7. The van der Waals surface area contributed by atoms with Crippen molar-refractivity contribution < 1.29 is 0 Å². The van der Waals surface area contributed by atoms with Gasteiger partial charge in [0.2, 0.25) is 0 Å². The average Bonchev–Trinajstić information content (AvgIpc) is 2.70. The second-order valence-electron chi connectivity index (χ2n) is 9.07. The molecule has 0 unspecified atom stereocenters. The number of fused-ring (bicyclic) bond motifs is 1. The van der Waals surface area contributed by atoms with E-state index >= 15 is 0 Å². The fraction of sp³-hybridized carbons (Fsp3) is 0.478. The highest BCUT2D eigenvalue weighted by atomic mass is 16.1. The molecular formula is C23H29N5O. The topological polar surface area (TPSA) is 63.9 Å². The second kappa shape index (κ2) is 7.58. The van der Waals surface area contributed by atoms with Crippen molar-refractivity contribution in [2.75, 3.05) is 18.0 Å². The molecule has 1 aromatic carbocycles. The Morgan fingerprint density at radius 1 is 1.00 bits per heavy atom. The molecule has 0 saturated carbocycles. The number of hydrogen-bond acceptors (Lipinski definition) is 5. The summed E-state index contributed by atoms with van der Waals surface area (Å²) in [6.45, 7) is 10.9. The van der Waals surface area contributed by atoms with Gasteiger partial charge >= 0.3 is 0 Å². The number of aryl methyl sites for hydroxylation is 1. The molecule has 0 aliphatic carbocycles. The first-order valence-electron chi connectivity index (χ1n) is 10.4. The van der Waals surface area contributed by atoms with Gasteiger partial charge in [-0.05, 0) is 31.7 Å². The number of piperidine rings is 1. The predicted octanol–water partition coefficient (Wildman–Crippen LogP) is 3.71. The largest absolute Gasteiger partial charge is 0.355 e. The Balaban J connectivity index is 1.49. The maximum atomic E-state index is 12.3. The highest BCUT2D eigenvalue weighted by Gasteiger charge is 2.24. The summed E-state index contributed by atoms with van der Waals surface area (Å²) >= 11 is 0. The predicted molar refractivity (Wildman–Crippen MR) is 116 cm³/mol. The van der Waals surface area contributed by atoms with Gasteiger partial charge < -0.3 is 4.90 Å². The van der Waals surface area contributed by atoms with Gasteiger partial charge in [-0.1, -0.05) is 45.0 Å². The van der Waals surface area contributed by atoms with Crippen LogP contribution in [-0.4, -0.2) is 33.1 Å². The molecule has 0 spiro atoms. The van der Waals surface area contributed by atoms with Crippen molar-refractivity contribution in [3.63, 3.8) is 0 Å². The lowest BCUT2D eigenvalue weighted by atomic mass is 9.92. The number of anilines is 1. The Labute approximate surface area is 171 Å². The van der Waals surface area contributed by atoms with Gasteiger partial charge in [0, 0.05) is 41.9 Å². The molecular weight excluding hydrogens is 362 g/mol. The number of rotatable bonds is 3. The normalized spacial score (nSPS) is 15.8. The van der Waals surface area contributed by atoms with Gasteiger partial charge in [-0.3, -0.25) is 4.79 Å². The van der Waals surface area contributed by atoms with Crippen molar-refractivity contribution in [3.8, 4) is 0 Å². The molecule has 29 heavy (non-hydrogen) atoms. The monoisotopic (exact) mass is 391 g/mol. The van der Waals surface area contributed by atoms with Crippen LogP contribution in [0.4, 0.5) is 5.82 Å². The SMILES string of the molecule is Cc1nnc(N2CCC(Cn3nc(C(C)(C)C)ccc3=O)CC2)c2ccccc12. The van der Waals surface area contributed by atoms with Crippen LogP contribution in [0.15, 0.2) is 41.2 Å². The van der Waals surface area contributed by atoms with E-state index in [-0.39, 0.29) is 11.0 Å². The molecule has 1 aliphatic rings. The first-order valence-corrected chi connectivity index (χ1v) is 10.4. The fourth-order valence-corrected chi connectivity index (χ4v) is 4.01. The highest BCUT2D eigenvalue weighted by Crippen LogP contribution is 2.29. The first kappa shape index (κ1) is 19.6. The van der Waals surface area contributed by atoms with Crippen LogP contribution < -0.4 is 10.5 Å². The third kappa shape index (κ3) is 4.02. The number of aromatic nitrogens is 4. The molecule has 1 aliphatic heterocycles. The van der Waals surface area contributed by atoms with Crippen LogP contribution in [-0.2, 0) is 12.0 Å². The molecule has 4 rings (SSSR count). The van der Waals surface area contributed by atoms with Crippen molar-refractivity contribution in [2.24, 2.45) is 5.92 Å². The minimum absolute atomic E-state index is 0.0178. The molecule has 6 heteroatoms. The minimum atomic E-state index is -0.0655. The molecule has 0 bridgehead atoms. The Morgan fingerprint density at radius 3 is 2.38 bits per heavy atom. The molecule has 152 valence electrons. The summed E-state index contributed by atoms with van der Waals surface area (Å²) < 4.78 is 1.65. The van der Waals surface area contributed by atoms with Crippen LogP contribution in [0.3, 0.4) is 0 Å². The minimum Gasteiger partial charge on any atom is -0.355 e.